The maximum Gasteiger partial charge on any atom is 0.216 e. The number of methoxy groups -OCH3 is 1. The molecule has 0 amide bonds. The van der Waals surface area contributed by atoms with Crippen LogP contribution in [0.1, 0.15) is 23.4 Å². The Bertz CT molecular complexity index is 526. The fourth-order valence-corrected chi connectivity index (χ4v) is 2.54. The van der Waals surface area contributed by atoms with Crippen LogP contribution in [0.25, 0.3) is 0 Å². The molecule has 0 radical (unpaired) electrons. The summed E-state index contributed by atoms with van der Waals surface area (Å²) in [6.45, 7) is 0. The Balaban J connectivity index is 1.77. The van der Waals surface area contributed by atoms with Gasteiger partial charge in [-0.3, -0.25) is 4.79 Å². The van der Waals surface area contributed by atoms with E-state index in [9.17, 15) is 4.79 Å². The molecule has 19 heavy (non-hydrogen) atoms. The minimum Gasteiger partial charge on any atom is -0.481 e. The van der Waals surface area contributed by atoms with Crippen LogP contribution < -0.4 is 4.74 Å². The zero-order chi connectivity index (χ0) is 13.5. The summed E-state index contributed by atoms with van der Waals surface area (Å²) in [7, 11) is 1.55. The number of aryl methyl sites for hydroxylation is 1. The topological polar surface area (TPSA) is 52.1 Å². The molecule has 0 aromatic carbocycles. The third kappa shape index (κ3) is 4.44. The zero-order valence-electron chi connectivity index (χ0n) is 10.8. The van der Waals surface area contributed by atoms with E-state index >= 15 is 0 Å². The van der Waals surface area contributed by atoms with Gasteiger partial charge in [-0.05, 0) is 24.3 Å². The Hall–Kier alpha value is -1.75. The Morgan fingerprint density at radius 3 is 3.05 bits per heavy atom. The van der Waals surface area contributed by atoms with E-state index in [1.807, 2.05) is 6.07 Å². The molecule has 0 saturated carbocycles. The van der Waals surface area contributed by atoms with Gasteiger partial charge in [-0.15, -0.1) is 11.3 Å². The molecule has 0 spiro atoms. The SMILES string of the molecule is COc1cc(CC(=O)CCCc2cccs2)ncn1. The van der Waals surface area contributed by atoms with Crippen molar-refractivity contribution < 1.29 is 9.53 Å². The molecule has 0 atom stereocenters. The number of thiophene rings is 1. The van der Waals surface area contributed by atoms with E-state index in [2.05, 4.69) is 21.4 Å². The van der Waals surface area contributed by atoms with Crippen LogP contribution in [0.2, 0.25) is 0 Å². The van der Waals surface area contributed by atoms with Crippen molar-refractivity contribution in [2.24, 2.45) is 0 Å². The van der Waals surface area contributed by atoms with Gasteiger partial charge in [-0.2, -0.15) is 0 Å². The first-order valence-corrected chi connectivity index (χ1v) is 7.05. The maximum atomic E-state index is 11.8. The van der Waals surface area contributed by atoms with Crippen LogP contribution in [0.5, 0.6) is 5.88 Å². The van der Waals surface area contributed by atoms with Crippen molar-refractivity contribution in [3.8, 4) is 5.88 Å². The van der Waals surface area contributed by atoms with Gasteiger partial charge in [0.2, 0.25) is 5.88 Å². The van der Waals surface area contributed by atoms with Crippen molar-refractivity contribution in [1.82, 2.24) is 9.97 Å². The predicted octanol–water partition coefficient (Wildman–Crippen LogP) is 2.68. The summed E-state index contributed by atoms with van der Waals surface area (Å²) in [6.07, 6.45) is 4.22. The highest BCUT2D eigenvalue weighted by molar-refractivity contribution is 7.09. The minimum absolute atomic E-state index is 0.206. The molecule has 0 unspecified atom stereocenters. The smallest absolute Gasteiger partial charge is 0.216 e. The summed E-state index contributed by atoms with van der Waals surface area (Å²) in [5, 5.41) is 2.06. The van der Waals surface area contributed by atoms with Crippen LogP contribution in [0.4, 0.5) is 0 Å². The van der Waals surface area contributed by atoms with Crippen LogP contribution in [0.15, 0.2) is 29.9 Å². The normalized spacial score (nSPS) is 10.4. The van der Waals surface area contributed by atoms with Crippen LogP contribution in [-0.4, -0.2) is 22.9 Å². The van der Waals surface area contributed by atoms with Crippen molar-refractivity contribution in [3.63, 3.8) is 0 Å². The van der Waals surface area contributed by atoms with Gasteiger partial charge in [0.15, 0.2) is 0 Å². The van der Waals surface area contributed by atoms with E-state index in [-0.39, 0.29) is 5.78 Å². The standard InChI is InChI=1S/C14H16N2O2S/c1-18-14-9-11(15-10-16-14)8-12(17)4-2-5-13-6-3-7-19-13/h3,6-7,9-10H,2,4-5,8H2,1H3. The Kier molecular flexibility index (Phi) is 5.03. The van der Waals surface area contributed by atoms with Crippen molar-refractivity contribution in [2.75, 3.05) is 7.11 Å². The van der Waals surface area contributed by atoms with E-state index in [0.717, 1.165) is 12.8 Å². The van der Waals surface area contributed by atoms with Gasteiger partial charge in [-0.1, -0.05) is 6.07 Å². The molecule has 4 nitrogen and oxygen atoms in total. The van der Waals surface area contributed by atoms with E-state index in [4.69, 9.17) is 4.74 Å². The Labute approximate surface area is 116 Å². The number of carbonyl (C=O) groups excluding carboxylic acids is 1. The van der Waals surface area contributed by atoms with Crippen molar-refractivity contribution in [2.45, 2.75) is 25.7 Å². The number of rotatable bonds is 7. The number of ether oxygens (including phenoxy) is 1. The average Bonchev–Trinajstić information content (AvgIpc) is 2.92. The number of nitrogens with zero attached hydrogens (tertiary/aromatic N) is 2. The molecule has 100 valence electrons. The predicted molar refractivity (Wildman–Crippen MR) is 74.6 cm³/mol. The summed E-state index contributed by atoms with van der Waals surface area (Å²) in [5.41, 5.74) is 0.716. The number of Topliss-reactive ketones (excluding diaryl/α,β-unsaturated/α-hetero) is 1. The summed E-state index contributed by atoms with van der Waals surface area (Å²) < 4.78 is 5.01. The molecule has 0 aliphatic heterocycles. The first-order valence-electron chi connectivity index (χ1n) is 6.17. The second-order valence-corrected chi connectivity index (χ2v) is 5.23. The van der Waals surface area contributed by atoms with Gasteiger partial charge in [0.25, 0.3) is 0 Å². The molecule has 0 N–H and O–H groups in total. The quantitative estimate of drug-likeness (QED) is 0.780. The van der Waals surface area contributed by atoms with Crippen molar-refractivity contribution in [1.29, 1.82) is 0 Å². The lowest BCUT2D eigenvalue weighted by Gasteiger charge is -2.02. The molecule has 0 aliphatic carbocycles. The van der Waals surface area contributed by atoms with Gasteiger partial charge in [-0.25, -0.2) is 9.97 Å². The third-order valence-electron chi connectivity index (χ3n) is 2.74. The lowest BCUT2D eigenvalue weighted by molar-refractivity contribution is -0.118. The molecular weight excluding hydrogens is 260 g/mol. The molecule has 2 aromatic heterocycles. The molecule has 0 fully saturated rings. The Morgan fingerprint density at radius 1 is 1.42 bits per heavy atom. The fraction of sp³-hybridized carbons (Fsp3) is 0.357. The van der Waals surface area contributed by atoms with Crippen LogP contribution in [0.3, 0.4) is 0 Å². The summed E-state index contributed by atoms with van der Waals surface area (Å²) in [4.78, 5) is 21.2. The van der Waals surface area contributed by atoms with Gasteiger partial charge in [0.05, 0.1) is 12.8 Å². The number of aromatic nitrogens is 2. The van der Waals surface area contributed by atoms with Gasteiger partial charge < -0.3 is 4.74 Å². The molecule has 0 bridgehead atoms. The van der Waals surface area contributed by atoms with E-state index in [1.54, 1.807) is 24.5 Å². The van der Waals surface area contributed by atoms with Gasteiger partial charge in [0.1, 0.15) is 12.1 Å². The molecule has 2 heterocycles. The Morgan fingerprint density at radius 2 is 2.32 bits per heavy atom. The van der Waals surface area contributed by atoms with E-state index in [0.29, 0.717) is 24.4 Å². The maximum absolute atomic E-state index is 11.8. The lowest BCUT2D eigenvalue weighted by Crippen LogP contribution is -2.05. The molecular formula is C14H16N2O2S. The second-order valence-electron chi connectivity index (χ2n) is 4.20. The highest BCUT2D eigenvalue weighted by Crippen LogP contribution is 2.13. The molecule has 0 aliphatic rings. The van der Waals surface area contributed by atoms with E-state index in [1.165, 1.54) is 11.2 Å². The van der Waals surface area contributed by atoms with Crippen LogP contribution >= 0.6 is 11.3 Å². The van der Waals surface area contributed by atoms with Gasteiger partial charge >= 0.3 is 0 Å². The molecule has 0 saturated heterocycles. The van der Waals surface area contributed by atoms with Crippen LogP contribution in [-0.2, 0) is 17.6 Å². The summed E-state index contributed by atoms with van der Waals surface area (Å²) in [5.74, 6) is 0.702. The third-order valence-corrected chi connectivity index (χ3v) is 3.68. The second kappa shape index (κ2) is 6.99. The molecule has 5 heteroatoms. The first-order chi connectivity index (χ1) is 9.28. The summed E-state index contributed by atoms with van der Waals surface area (Å²) in [6, 6.07) is 5.84. The highest BCUT2D eigenvalue weighted by atomic mass is 32.1. The molecule has 2 rings (SSSR count). The molecule has 2 aromatic rings. The average molecular weight is 276 g/mol. The largest absolute Gasteiger partial charge is 0.481 e. The van der Waals surface area contributed by atoms with E-state index < -0.39 is 0 Å². The number of carbonyl (C=O) groups is 1. The lowest BCUT2D eigenvalue weighted by atomic mass is 10.1. The highest BCUT2D eigenvalue weighted by Gasteiger charge is 2.07. The monoisotopic (exact) mass is 276 g/mol. The number of hydrogen-bond acceptors (Lipinski definition) is 5. The van der Waals surface area contributed by atoms with Crippen LogP contribution in [0, 0.1) is 0 Å². The minimum atomic E-state index is 0.206. The zero-order valence-corrected chi connectivity index (χ0v) is 11.7. The van der Waals surface area contributed by atoms with Crippen molar-refractivity contribution >= 4 is 17.1 Å². The van der Waals surface area contributed by atoms with Gasteiger partial charge in [0, 0.05) is 23.8 Å². The summed E-state index contributed by atoms with van der Waals surface area (Å²) >= 11 is 1.74. The number of ketones is 1. The first kappa shape index (κ1) is 13.7. The van der Waals surface area contributed by atoms with Crippen molar-refractivity contribution in [3.05, 3.63) is 40.5 Å². The fourth-order valence-electron chi connectivity index (χ4n) is 1.79. The number of hydrogen-bond donors (Lipinski definition) is 0.